The topological polar surface area (TPSA) is 50.1 Å². The van der Waals surface area contributed by atoms with Crippen molar-refractivity contribution in [3.05, 3.63) is 88.1 Å². The number of nitrogens with zero attached hydrogens (tertiary/aromatic N) is 1. The molecular formula is C21H15NO2S. The molecule has 0 N–H and O–H groups in total. The van der Waals surface area contributed by atoms with Crippen LogP contribution in [0.4, 0.5) is 0 Å². The molecule has 0 spiro atoms. The Morgan fingerprint density at radius 3 is 2.64 bits per heavy atom. The molecule has 1 aromatic heterocycles. The largest absolute Gasteiger partial charge is 0.426 e. The van der Waals surface area contributed by atoms with Gasteiger partial charge in [0.05, 0.1) is 18.1 Å². The third-order valence-electron chi connectivity index (χ3n) is 3.50. The summed E-state index contributed by atoms with van der Waals surface area (Å²) in [6.07, 6.45) is 2.04. The summed E-state index contributed by atoms with van der Waals surface area (Å²) >= 11 is 1.53. The Hall–Kier alpha value is -3.16. The van der Waals surface area contributed by atoms with Gasteiger partial charge < -0.3 is 4.74 Å². The highest BCUT2D eigenvalue weighted by Crippen LogP contribution is 2.21. The van der Waals surface area contributed by atoms with Crippen LogP contribution in [-0.4, -0.2) is 5.97 Å². The summed E-state index contributed by atoms with van der Waals surface area (Å²) in [5.41, 5.74) is 2.22. The normalized spacial score (nSPS) is 10.9. The second-order valence-corrected chi connectivity index (χ2v) is 6.37. The number of carbonyl (C=O) groups is 1. The fraction of sp³-hybridized carbons (Fsp3) is 0.0476. The molecular weight excluding hydrogens is 330 g/mol. The summed E-state index contributed by atoms with van der Waals surface area (Å²) in [6, 6.07) is 22.7. The Balaban J connectivity index is 1.76. The van der Waals surface area contributed by atoms with Gasteiger partial charge in [-0.15, -0.1) is 11.3 Å². The van der Waals surface area contributed by atoms with Gasteiger partial charge in [-0.3, -0.25) is 4.79 Å². The number of carbonyl (C=O) groups excluding carboxylic acids is 1. The molecule has 3 aromatic rings. The van der Waals surface area contributed by atoms with Crippen molar-refractivity contribution in [2.45, 2.75) is 6.42 Å². The minimum atomic E-state index is -0.299. The Labute approximate surface area is 150 Å². The van der Waals surface area contributed by atoms with Gasteiger partial charge in [-0.2, -0.15) is 5.26 Å². The minimum absolute atomic E-state index is 0.255. The first kappa shape index (κ1) is 16.7. The predicted molar refractivity (Wildman–Crippen MR) is 100 cm³/mol. The predicted octanol–water partition coefficient (Wildman–Crippen LogP) is 4.96. The van der Waals surface area contributed by atoms with E-state index in [4.69, 9.17) is 4.74 Å². The van der Waals surface area contributed by atoms with E-state index in [1.165, 1.54) is 11.3 Å². The monoisotopic (exact) mass is 345 g/mol. The van der Waals surface area contributed by atoms with Crippen LogP contribution < -0.4 is 4.74 Å². The molecule has 2 aromatic carbocycles. The third kappa shape index (κ3) is 4.66. The third-order valence-corrected chi connectivity index (χ3v) is 4.38. The molecule has 0 saturated carbocycles. The van der Waals surface area contributed by atoms with Gasteiger partial charge >= 0.3 is 5.97 Å². The molecule has 0 aliphatic heterocycles. The maximum atomic E-state index is 12.0. The van der Waals surface area contributed by atoms with Gasteiger partial charge in [0.15, 0.2) is 0 Å². The SMILES string of the molecule is N#C/C(=C/c1cccc(OC(=O)Cc2cccs2)c1)c1ccccc1. The van der Waals surface area contributed by atoms with Crippen molar-refractivity contribution in [1.82, 2.24) is 0 Å². The number of esters is 1. The first-order valence-electron chi connectivity index (χ1n) is 7.75. The number of hydrogen-bond acceptors (Lipinski definition) is 4. The second-order valence-electron chi connectivity index (χ2n) is 5.34. The molecule has 3 rings (SSSR count). The highest BCUT2D eigenvalue weighted by Gasteiger charge is 2.08. The average Bonchev–Trinajstić information content (AvgIpc) is 3.13. The lowest BCUT2D eigenvalue weighted by Crippen LogP contribution is -2.10. The van der Waals surface area contributed by atoms with E-state index in [-0.39, 0.29) is 12.4 Å². The quantitative estimate of drug-likeness (QED) is 0.284. The Morgan fingerprint density at radius 2 is 1.92 bits per heavy atom. The molecule has 0 radical (unpaired) electrons. The molecule has 0 fully saturated rings. The zero-order valence-corrected chi connectivity index (χ0v) is 14.2. The highest BCUT2D eigenvalue weighted by atomic mass is 32.1. The number of allylic oxidation sites excluding steroid dienone is 1. The van der Waals surface area contributed by atoms with E-state index in [0.717, 1.165) is 16.0 Å². The van der Waals surface area contributed by atoms with Crippen LogP contribution in [-0.2, 0) is 11.2 Å². The van der Waals surface area contributed by atoms with Crippen molar-refractivity contribution in [3.63, 3.8) is 0 Å². The van der Waals surface area contributed by atoms with Crippen LogP contribution in [0, 0.1) is 11.3 Å². The van der Waals surface area contributed by atoms with E-state index in [1.54, 1.807) is 24.3 Å². The number of ether oxygens (including phenoxy) is 1. The maximum Gasteiger partial charge on any atom is 0.316 e. The van der Waals surface area contributed by atoms with Gasteiger partial charge in [0.2, 0.25) is 0 Å². The van der Waals surface area contributed by atoms with Crippen LogP contribution in [0.5, 0.6) is 5.75 Å². The summed E-state index contributed by atoms with van der Waals surface area (Å²) < 4.78 is 5.40. The van der Waals surface area contributed by atoms with E-state index >= 15 is 0 Å². The molecule has 1 heterocycles. The van der Waals surface area contributed by atoms with E-state index in [9.17, 15) is 10.1 Å². The van der Waals surface area contributed by atoms with Crippen LogP contribution in [0.2, 0.25) is 0 Å². The first-order chi connectivity index (χ1) is 12.2. The Morgan fingerprint density at radius 1 is 1.08 bits per heavy atom. The van der Waals surface area contributed by atoms with Crippen molar-refractivity contribution in [2.75, 3.05) is 0 Å². The van der Waals surface area contributed by atoms with Crippen LogP contribution >= 0.6 is 11.3 Å². The molecule has 3 nitrogen and oxygen atoms in total. The van der Waals surface area contributed by atoms with E-state index in [2.05, 4.69) is 6.07 Å². The molecule has 0 atom stereocenters. The number of rotatable bonds is 5. The molecule has 4 heteroatoms. The lowest BCUT2D eigenvalue weighted by atomic mass is 10.0. The highest BCUT2D eigenvalue weighted by molar-refractivity contribution is 7.10. The van der Waals surface area contributed by atoms with Gasteiger partial charge in [-0.1, -0.05) is 48.5 Å². The summed E-state index contributed by atoms with van der Waals surface area (Å²) in [5, 5.41) is 11.3. The van der Waals surface area contributed by atoms with Crippen LogP contribution in [0.25, 0.3) is 11.6 Å². The summed E-state index contributed by atoms with van der Waals surface area (Å²) in [7, 11) is 0. The first-order valence-corrected chi connectivity index (χ1v) is 8.63. The molecule has 0 amide bonds. The molecule has 122 valence electrons. The lowest BCUT2D eigenvalue weighted by Gasteiger charge is -2.05. The van der Waals surface area contributed by atoms with Crippen LogP contribution in [0.15, 0.2) is 72.1 Å². The Bertz CT molecular complexity index is 922. The number of thiophene rings is 1. The van der Waals surface area contributed by atoms with E-state index < -0.39 is 0 Å². The summed E-state index contributed by atoms with van der Waals surface area (Å²) in [5.74, 6) is 0.174. The molecule has 0 unspecified atom stereocenters. The molecule has 25 heavy (non-hydrogen) atoms. The smallest absolute Gasteiger partial charge is 0.316 e. The van der Waals surface area contributed by atoms with Crippen LogP contribution in [0.1, 0.15) is 16.0 Å². The fourth-order valence-electron chi connectivity index (χ4n) is 2.36. The van der Waals surface area contributed by atoms with Gasteiger partial charge in [0.25, 0.3) is 0 Å². The lowest BCUT2D eigenvalue weighted by molar-refractivity contribution is -0.133. The number of nitriles is 1. The van der Waals surface area contributed by atoms with Crippen molar-refractivity contribution in [2.24, 2.45) is 0 Å². The van der Waals surface area contributed by atoms with Crippen molar-refractivity contribution < 1.29 is 9.53 Å². The zero-order chi connectivity index (χ0) is 17.5. The van der Waals surface area contributed by atoms with E-state index in [1.807, 2.05) is 53.9 Å². The number of benzene rings is 2. The van der Waals surface area contributed by atoms with Crippen molar-refractivity contribution in [3.8, 4) is 11.8 Å². The molecule has 0 bridgehead atoms. The summed E-state index contributed by atoms with van der Waals surface area (Å²) in [4.78, 5) is 13.0. The van der Waals surface area contributed by atoms with Gasteiger partial charge in [0, 0.05) is 4.88 Å². The summed E-state index contributed by atoms with van der Waals surface area (Å²) in [6.45, 7) is 0. The second kappa shape index (κ2) is 8.09. The van der Waals surface area contributed by atoms with Crippen molar-refractivity contribution >= 4 is 29.0 Å². The average molecular weight is 345 g/mol. The molecule has 0 aliphatic carbocycles. The molecule has 0 saturated heterocycles. The van der Waals surface area contributed by atoms with Gasteiger partial charge in [-0.05, 0) is 40.8 Å². The fourth-order valence-corrected chi connectivity index (χ4v) is 3.05. The maximum absolute atomic E-state index is 12.0. The Kier molecular flexibility index (Phi) is 5.40. The van der Waals surface area contributed by atoms with Crippen molar-refractivity contribution in [1.29, 1.82) is 5.26 Å². The van der Waals surface area contributed by atoms with Gasteiger partial charge in [0.1, 0.15) is 5.75 Å². The van der Waals surface area contributed by atoms with Crippen LogP contribution in [0.3, 0.4) is 0 Å². The standard InChI is InChI=1S/C21H15NO2S/c22-15-18(17-7-2-1-3-8-17)12-16-6-4-9-19(13-16)24-21(23)14-20-10-5-11-25-20/h1-13H,14H2/b18-12-. The zero-order valence-electron chi connectivity index (χ0n) is 13.4. The van der Waals surface area contributed by atoms with Gasteiger partial charge in [-0.25, -0.2) is 0 Å². The van der Waals surface area contributed by atoms with E-state index in [0.29, 0.717) is 11.3 Å². The molecule has 0 aliphatic rings. The number of hydrogen-bond donors (Lipinski definition) is 0. The minimum Gasteiger partial charge on any atom is -0.426 e.